The normalized spacial score (nSPS) is 30.9. The van der Waals surface area contributed by atoms with Gasteiger partial charge in [0.1, 0.15) is 5.78 Å². The SMILES string of the molecule is CC1(C)[C@]2(C(=O)Nc3nc4ccc(Br)cc4s3)CC[C@@]1(C)C(=O)C2. The maximum absolute atomic E-state index is 13.1. The molecule has 0 saturated heterocycles. The molecule has 2 bridgehead atoms. The summed E-state index contributed by atoms with van der Waals surface area (Å²) in [5.74, 6) is 0.169. The van der Waals surface area contributed by atoms with Crippen LogP contribution >= 0.6 is 27.3 Å². The summed E-state index contributed by atoms with van der Waals surface area (Å²) in [4.78, 5) is 30.2. The summed E-state index contributed by atoms with van der Waals surface area (Å²) >= 11 is 4.92. The number of hydrogen-bond acceptors (Lipinski definition) is 4. The summed E-state index contributed by atoms with van der Waals surface area (Å²) in [5, 5.41) is 3.61. The molecule has 2 fully saturated rings. The second-order valence-electron chi connectivity index (χ2n) is 7.72. The van der Waals surface area contributed by atoms with Crippen LogP contribution in [0.4, 0.5) is 5.13 Å². The number of carbonyl (C=O) groups is 2. The number of nitrogens with zero attached hydrogens (tertiary/aromatic N) is 1. The van der Waals surface area contributed by atoms with Crippen molar-refractivity contribution < 1.29 is 9.59 Å². The fraction of sp³-hybridized carbons (Fsp3) is 0.500. The first kappa shape index (κ1) is 16.2. The van der Waals surface area contributed by atoms with Crippen molar-refractivity contribution in [2.45, 2.75) is 40.0 Å². The van der Waals surface area contributed by atoms with Gasteiger partial charge in [0.05, 0.1) is 15.6 Å². The molecule has 1 aromatic carbocycles. The minimum absolute atomic E-state index is 0.0554. The predicted octanol–water partition coefficient (Wildman–Crippen LogP) is 4.78. The smallest absolute Gasteiger partial charge is 0.233 e. The van der Waals surface area contributed by atoms with Crippen LogP contribution in [0.2, 0.25) is 0 Å². The minimum Gasteiger partial charge on any atom is -0.301 e. The van der Waals surface area contributed by atoms with Crippen molar-refractivity contribution in [3.8, 4) is 0 Å². The first-order chi connectivity index (χ1) is 11.2. The lowest BCUT2D eigenvalue weighted by Gasteiger charge is -2.38. The number of ketones is 1. The number of amides is 1. The van der Waals surface area contributed by atoms with Gasteiger partial charge in [-0.3, -0.25) is 9.59 Å². The Bertz CT molecular complexity index is 890. The van der Waals surface area contributed by atoms with Gasteiger partial charge >= 0.3 is 0 Å². The standard InChI is InChI=1S/C18H19BrN2O2S/c1-16(2)17(3)6-7-18(16,9-13(17)22)14(23)21-15-20-11-5-4-10(19)8-12(11)24-15/h4-5,8H,6-7,9H2,1-3H3,(H,20,21,23)/t17-,18+/m0/s1. The van der Waals surface area contributed by atoms with Crippen LogP contribution in [0.25, 0.3) is 10.2 Å². The fourth-order valence-corrected chi connectivity index (χ4v) is 5.94. The van der Waals surface area contributed by atoms with Crippen molar-refractivity contribution in [1.29, 1.82) is 0 Å². The van der Waals surface area contributed by atoms with Gasteiger partial charge in [-0.15, -0.1) is 0 Å². The number of nitrogens with one attached hydrogen (secondary N) is 1. The average molecular weight is 407 g/mol. The van der Waals surface area contributed by atoms with E-state index in [0.717, 1.165) is 27.5 Å². The van der Waals surface area contributed by atoms with Crippen molar-refractivity contribution in [1.82, 2.24) is 4.98 Å². The predicted molar refractivity (Wildman–Crippen MR) is 99.1 cm³/mol. The number of carbonyl (C=O) groups excluding carboxylic acids is 2. The second-order valence-corrected chi connectivity index (χ2v) is 9.67. The molecule has 2 aliphatic carbocycles. The maximum atomic E-state index is 13.1. The molecule has 1 amide bonds. The van der Waals surface area contributed by atoms with Gasteiger partial charge in [0, 0.05) is 16.3 Å². The highest BCUT2D eigenvalue weighted by molar-refractivity contribution is 9.10. The summed E-state index contributed by atoms with van der Waals surface area (Å²) in [6, 6.07) is 5.86. The molecule has 2 atom stereocenters. The Kier molecular flexibility index (Phi) is 3.30. The number of Topliss-reactive ketones (excluding diaryl/α,β-unsaturated/α-hetero) is 1. The van der Waals surface area contributed by atoms with Crippen LogP contribution < -0.4 is 5.32 Å². The van der Waals surface area contributed by atoms with Crippen LogP contribution in [-0.4, -0.2) is 16.7 Å². The molecule has 0 aliphatic heterocycles. The number of benzene rings is 1. The number of rotatable bonds is 2. The van der Waals surface area contributed by atoms with Gasteiger partial charge in [0.2, 0.25) is 5.91 Å². The van der Waals surface area contributed by atoms with E-state index >= 15 is 0 Å². The van der Waals surface area contributed by atoms with Crippen LogP contribution in [0.3, 0.4) is 0 Å². The van der Waals surface area contributed by atoms with Crippen molar-refractivity contribution in [2.24, 2.45) is 16.2 Å². The van der Waals surface area contributed by atoms with Gasteiger partial charge in [0.25, 0.3) is 0 Å². The van der Waals surface area contributed by atoms with Crippen LogP contribution in [-0.2, 0) is 9.59 Å². The lowest BCUT2D eigenvalue weighted by atomic mass is 9.64. The first-order valence-corrected chi connectivity index (χ1v) is 9.71. The van der Waals surface area contributed by atoms with Crippen molar-refractivity contribution >= 4 is 54.3 Å². The van der Waals surface area contributed by atoms with E-state index < -0.39 is 5.41 Å². The molecule has 1 aromatic heterocycles. The van der Waals surface area contributed by atoms with Crippen molar-refractivity contribution in [2.75, 3.05) is 5.32 Å². The van der Waals surface area contributed by atoms with Gasteiger partial charge < -0.3 is 5.32 Å². The van der Waals surface area contributed by atoms with Crippen molar-refractivity contribution in [3.63, 3.8) is 0 Å². The zero-order valence-corrected chi connectivity index (χ0v) is 16.3. The average Bonchev–Trinajstić information content (AvgIpc) is 3.03. The number of fused-ring (bicyclic) bond motifs is 3. The Morgan fingerprint density at radius 2 is 2.04 bits per heavy atom. The topological polar surface area (TPSA) is 59.1 Å². The number of anilines is 1. The molecule has 2 saturated carbocycles. The van der Waals surface area contributed by atoms with E-state index in [4.69, 9.17) is 0 Å². The molecule has 24 heavy (non-hydrogen) atoms. The third kappa shape index (κ3) is 1.87. The molecule has 2 aromatic rings. The quantitative estimate of drug-likeness (QED) is 0.779. The molecule has 1 N–H and O–H groups in total. The zero-order chi connectivity index (χ0) is 17.3. The number of aromatic nitrogens is 1. The molecular formula is C18H19BrN2O2S. The van der Waals surface area contributed by atoms with Gasteiger partial charge in [-0.25, -0.2) is 4.98 Å². The summed E-state index contributed by atoms with van der Waals surface area (Å²) in [6.45, 7) is 6.16. The third-order valence-corrected chi connectivity index (χ3v) is 8.14. The molecule has 2 aliphatic rings. The number of hydrogen-bond donors (Lipinski definition) is 1. The maximum Gasteiger partial charge on any atom is 0.233 e. The van der Waals surface area contributed by atoms with E-state index in [1.54, 1.807) is 0 Å². The van der Waals surface area contributed by atoms with Crippen LogP contribution in [0.5, 0.6) is 0 Å². The largest absolute Gasteiger partial charge is 0.301 e. The van der Waals surface area contributed by atoms with Crippen LogP contribution in [0.15, 0.2) is 22.7 Å². The Balaban J connectivity index is 1.67. The molecule has 0 spiro atoms. The van der Waals surface area contributed by atoms with E-state index in [9.17, 15) is 9.59 Å². The molecule has 0 radical (unpaired) electrons. The molecular weight excluding hydrogens is 388 g/mol. The fourth-order valence-electron chi connectivity index (χ4n) is 4.53. The lowest BCUT2D eigenvalue weighted by Crippen LogP contribution is -2.43. The van der Waals surface area contributed by atoms with Gasteiger partial charge in [0.15, 0.2) is 5.13 Å². The first-order valence-electron chi connectivity index (χ1n) is 8.10. The molecule has 126 valence electrons. The molecule has 6 heteroatoms. The Morgan fingerprint density at radius 3 is 2.67 bits per heavy atom. The molecule has 1 heterocycles. The number of halogens is 1. The highest BCUT2D eigenvalue weighted by Crippen LogP contribution is 2.70. The van der Waals surface area contributed by atoms with E-state index in [1.165, 1.54) is 11.3 Å². The number of thiazole rings is 1. The monoisotopic (exact) mass is 406 g/mol. The van der Waals surface area contributed by atoms with E-state index in [0.29, 0.717) is 11.6 Å². The highest BCUT2D eigenvalue weighted by atomic mass is 79.9. The van der Waals surface area contributed by atoms with Gasteiger partial charge in [-0.2, -0.15) is 0 Å². The van der Waals surface area contributed by atoms with E-state index in [-0.39, 0.29) is 22.5 Å². The van der Waals surface area contributed by atoms with Gasteiger partial charge in [-0.1, -0.05) is 48.0 Å². The second kappa shape index (κ2) is 4.88. The summed E-state index contributed by atoms with van der Waals surface area (Å²) < 4.78 is 2.01. The van der Waals surface area contributed by atoms with E-state index in [1.807, 2.05) is 25.1 Å². The summed E-state index contributed by atoms with van der Waals surface area (Å²) in [6.07, 6.45) is 1.91. The van der Waals surface area contributed by atoms with Gasteiger partial charge in [-0.05, 0) is 36.5 Å². The van der Waals surface area contributed by atoms with Crippen molar-refractivity contribution in [3.05, 3.63) is 22.7 Å². The summed E-state index contributed by atoms with van der Waals surface area (Å²) in [5.41, 5.74) is -0.463. The Labute approximate surface area is 153 Å². The highest BCUT2D eigenvalue weighted by Gasteiger charge is 2.72. The third-order valence-electron chi connectivity index (χ3n) is 6.71. The van der Waals surface area contributed by atoms with E-state index in [2.05, 4.69) is 40.1 Å². The van der Waals surface area contributed by atoms with Crippen LogP contribution in [0, 0.1) is 16.2 Å². The van der Waals surface area contributed by atoms with Crippen LogP contribution in [0.1, 0.15) is 40.0 Å². The minimum atomic E-state index is -0.614. The molecule has 4 rings (SSSR count). The molecule has 0 unspecified atom stereocenters. The zero-order valence-electron chi connectivity index (χ0n) is 13.9. The Hall–Kier alpha value is -1.27. The molecule has 4 nitrogen and oxygen atoms in total. The lowest BCUT2D eigenvalue weighted by molar-refractivity contribution is -0.131. The Morgan fingerprint density at radius 1 is 1.29 bits per heavy atom. The summed E-state index contributed by atoms with van der Waals surface area (Å²) in [7, 11) is 0.